The van der Waals surface area contributed by atoms with Gasteiger partial charge in [0.25, 0.3) is 5.91 Å². The molecule has 2 aliphatic rings. The molecule has 2 amide bonds. The Balaban J connectivity index is 1.78. The molecular formula is C18H24FN3O2. The third-order valence-electron chi connectivity index (χ3n) is 5.21. The molecule has 24 heavy (non-hydrogen) atoms. The predicted molar refractivity (Wildman–Crippen MR) is 89.0 cm³/mol. The highest BCUT2D eigenvalue weighted by atomic mass is 19.1. The Hall–Kier alpha value is -1.95. The largest absolute Gasteiger partial charge is 0.358 e. The number of likely N-dealkylation sites (tertiary alicyclic amines) is 2. The Morgan fingerprint density at radius 3 is 2.58 bits per heavy atom. The molecule has 2 aliphatic heterocycles. The van der Waals surface area contributed by atoms with Crippen molar-refractivity contribution in [2.24, 2.45) is 5.92 Å². The number of halogens is 1. The van der Waals surface area contributed by atoms with Gasteiger partial charge in [-0.05, 0) is 38.3 Å². The Bertz CT molecular complexity index is 649. The van der Waals surface area contributed by atoms with E-state index < -0.39 is 5.82 Å². The van der Waals surface area contributed by atoms with E-state index in [4.69, 9.17) is 0 Å². The molecule has 0 spiro atoms. The van der Waals surface area contributed by atoms with Crippen LogP contribution in [0.25, 0.3) is 0 Å². The van der Waals surface area contributed by atoms with Crippen LogP contribution in [0.2, 0.25) is 0 Å². The van der Waals surface area contributed by atoms with Gasteiger partial charge in [-0.25, -0.2) is 4.39 Å². The molecule has 3 atom stereocenters. The molecule has 5 nitrogen and oxygen atoms in total. The van der Waals surface area contributed by atoms with E-state index in [2.05, 4.69) is 24.1 Å². The number of carbonyl (C=O) groups is 2. The third-order valence-corrected chi connectivity index (χ3v) is 5.21. The molecule has 2 fully saturated rings. The summed E-state index contributed by atoms with van der Waals surface area (Å²) in [6, 6.07) is 6.32. The van der Waals surface area contributed by atoms with Crippen molar-refractivity contribution >= 4 is 11.8 Å². The fraction of sp³-hybridized carbons (Fsp3) is 0.556. The number of benzene rings is 1. The second-order valence-corrected chi connectivity index (χ2v) is 6.92. The van der Waals surface area contributed by atoms with Gasteiger partial charge in [0.1, 0.15) is 5.82 Å². The number of carbonyl (C=O) groups excluding carboxylic acids is 2. The first-order valence-corrected chi connectivity index (χ1v) is 8.46. The molecule has 3 rings (SSSR count). The Morgan fingerprint density at radius 2 is 1.96 bits per heavy atom. The van der Waals surface area contributed by atoms with Crippen LogP contribution in [0.1, 0.15) is 30.6 Å². The number of likely N-dealkylation sites (N-methyl/N-ethyl adjacent to an activating group) is 1. The van der Waals surface area contributed by atoms with Gasteiger partial charge in [-0.1, -0.05) is 12.1 Å². The summed E-state index contributed by atoms with van der Waals surface area (Å²) in [6.07, 6.45) is 0.740. The number of nitrogens with one attached hydrogen (secondary N) is 1. The SMILES string of the molecule is CNC(=O)[C@@H]1C[C@H]2CN(C(=O)c3ccccc3F)C[C@H]2N1C(C)C. The van der Waals surface area contributed by atoms with Crippen molar-refractivity contribution in [2.45, 2.75) is 38.4 Å². The summed E-state index contributed by atoms with van der Waals surface area (Å²) >= 11 is 0. The quantitative estimate of drug-likeness (QED) is 0.912. The van der Waals surface area contributed by atoms with Gasteiger partial charge in [0.05, 0.1) is 11.6 Å². The molecule has 6 heteroatoms. The molecule has 0 unspecified atom stereocenters. The second kappa shape index (κ2) is 6.51. The Morgan fingerprint density at radius 1 is 1.25 bits per heavy atom. The number of amides is 2. The molecule has 0 saturated carbocycles. The molecule has 0 bridgehead atoms. The maximum Gasteiger partial charge on any atom is 0.256 e. The molecule has 1 aromatic rings. The van der Waals surface area contributed by atoms with Gasteiger partial charge in [0.15, 0.2) is 0 Å². The molecule has 130 valence electrons. The number of fused-ring (bicyclic) bond motifs is 1. The van der Waals surface area contributed by atoms with Crippen molar-refractivity contribution in [2.75, 3.05) is 20.1 Å². The predicted octanol–water partition coefficient (Wildman–Crippen LogP) is 1.49. The van der Waals surface area contributed by atoms with Crippen molar-refractivity contribution in [3.63, 3.8) is 0 Å². The average molecular weight is 333 g/mol. The van der Waals surface area contributed by atoms with Crippen molar-refractivity contribution < 1.29 is 14.0 Å². The maximum atomic E-state index is 13.9. The van der Waals surface area contributed by atoms with Crippen LogP contribution >= 0.6 is 0 Å². The molecule has 2 saturated heterocycles. The molecule has 2 heterocycles. The second-order valence-electron chi connectivity index (χ2n) is 6.92. The zero-order valence-corrected chi connectivity index (χ0v) is 14.3. The molecule has 0 aliphatic carbocycles. The van der Waals surface area contributed by atoms with E-state index in [1.165, 1.54) is 12.1 Å². The minimum Gasteiger partial charge on any atom is -0.358 e. The number of hydrogen-bond acceptors (Lipinski definition) is 3. The lowest BCUT2D eigenvalue weighted by Crippen LogP contribution is -2.50. The van der Waals surface area contributed by atoms with Gasteiger partial charge in [0.2, 0.25) is 5.91 Å². The Kier molecular flexibility index (Phi) is 4.58. The van der Waals surface area contributed by atoms with Crippen molar-refractivity contribution in [1.82, 2.24) is 15.1 Å². The van der Waals surface area contributed by atoms with Gasteiger partial charge in [-0.3, -0.25) is 14.5 Å². The van der Waals surface area contributed by atoms with E-state index in [0.717, 1.165) is 6.42 Å². The van der Waals surface area contributed by atoms with Gasteiger partial charge in [-0.15, -0.1) is 0 Å². The molecular weight excluding hydrogens is 309 g/mol. The Labute approximate surface area is 141 Å². The molecule has 1 N–H and O–H groups in total. The maximum absolute atomic E-state index is 13.9. The summed E-state index contributed by atoms with van der Waals surface area (Å²) in [6.45, 7) is 5.26. The van der Waals surface area contributed by atoms with Gasteiger partial charge < -0.3 is 10.2 Å². The van der Waals surface area contributed by atoms with E-state index in [1.807, 2.05) is 0 Å². The standard InChI is InChI=1S/C18H24FN3O2/c1-11(2)22-15(17(23)20-3)8-12-9-21(10-16(12)22)18(24)13-6-4-5-7-14(13)19/h4-7,11-12,15-16H,8-10H2,1-3H3,(H,20,23)/t12-,15-,16+/m0/s1. The van der Waals surface area contributed by atoms with Crippen molar-refractivity contribution in [1.29, 1.82) is 0 Å². The summed E-state index contributed by atoms with van der Waals surface area (Å²) in [5, 5.41) is 2.74. The summed E-state index contributed by atoms with van der Waals surface area (Å²) in [7, 11) is 1.66. The third kappa shape index (κ3) is 2.79. The smallest absolute Gasteiger partial charge is 0.256 e. The summed E-state index contributed by atoms with van der Waals surface area (Å²) < 4.78 is 13.9. The van der Waals surface area contributed by atoms with Crippen LogP contribution in [-0.2, 0) is 4.79 Å². The number of nitrogens with zero attached hydrogens (tertiary/aromatic N) is 2. The van der Waals surface area contributed by atoms with Crippen LogP contribution in [0.5, 0.6) is 0 Å². The summed E-state index contributed by atoms with van der Waals surface area (Å²) in [4.78, 5) is 28.7. The number of hydrogen-bond donors (Lipinski definition) is 1. The van der Waals surface area contributed by atoms with E-state index in [0.29, 0.717) is 13.1 Å². The van der Waals surface area contributed by atoms with Crippen LogP contribution in [-0.4, -0.2) is 59.9 Å². The topological polar surface area (TPSA) is 52.7 Å². The highest BCUT2D eigenvalue weighted by Gasteiger charge is 2.50. The molecule has 1 aromatic carbocycles. The van der Waals surface area contributed by atoms with Gasteiger partial charge >= 0.3 is 0 Å². The van der Waals surface area contributed by atoms with E-state index in [1.54, 1.807) is 24.1 Å². The fourth-order valence-corrected chi connectivity index (χ4v) is 4.19. The van der Waals surface area contributed by atoms with Gasteiger partial charge in [0, 0.05) is 32.2 Å². The first-order valence-electron chi connectivity index (χ1n) is 8.46. The van der Waals surface area contributed by atoms with Crippen LogP contribution in [0.4, 0.5) is 4.39 Å². The van der Waals surface area contributed by atoms with Gasteiger partial charge in [-0.2, -0.15) is 0 Å². The lowest BCUT2D eigenvalue weighted by Gasteiger charge is -2.33. The average Bonchev–Trinajstić information content (AvgIpc) is 3.11. The normalized spacial score (nSPS) is 26.7. The van der Waals surface area contributed by atoms with Crippen LogP contribution in [0.3, 0.4) is 0 Å². The highest BCUT2D eigenvalue weighted by Crippen LogP contribution is 2.37. The zero-order valence-electron chi connectivity index (χ0n) is 14.3. The van der Waals surface area contributed by atoms with Crippen molar-refractivity contribution in [3.05, 3.63) is 35.6 Å². The summed E-state index contributed by atoms with van der Waals surface area (Å²) in [5.74, 6) is -0.457. The monoisotopic (exact) mass is 333 g/mol. The van der Waals surface area contributed by atoms with Crippen LogP contribution < -0.4 is 5.32 Å². The van der Waals surface area contributed by atoms with Crippen LogP contribution in [0, 0.1) is 11.7 Å². The lowest BCUT2D eigenvalue weighted by atomic mass is 10.0. The van der Waals surface area contributed by atoms with E-state index in [-0.39, 0.29) is 41.4 Å². The minimum absolute atomic E-state index is 0.0325. The van der Waals surface area contributed by atoms with Crippen LogP contribution in [0.15, 0.2) is 24.3 Å². The number of rotatable bonds is 3. The van der Waals surface area contributed by atoms with E-state index in [9.17, 15) is 14.0 Å². The highest BCUT2D eigenvalue weighted by molar-refractivity contribution is 5.94. The lowest BCUT2D eigenvalue weighted by molar-refractivity contribution is -0.126. The molecule has 0 radical (unpaired) electrons. The first kappa shape index (κ1) is 16.9. The molecule has 0 aromatic heterocycles. The van der Waals surface area contributed by atoms with E-state index >= 15 is 0 Å². The zero-order chi connectivity index (χ0) is 17.4. The first-order chi connectivity index (χ1) is 11.4. The van der Waals surface area contributed by atoms with Crippen molar-refractivity contribution in [3.8, 4) is 0 Å². The fourth-order valence-electron chi connectivity index (χ4n) is 4.19. The summed E-state index contributed by atoms with van der Waals surface area (Å²) in [5.41, 5.74) is 0.122. The minimum atomic E-state index is -0.483.